The van der Waals surface area contributed by atoms with Crippen LogP contribution in [-0.2, 0) is 19.6 Å². The van der Waals surface area contributed by atoms with Gasteiger partial charge in [-0.25, -0.2) is 25.9 Å². The predicted molar refractivity (Wildman–Crippen MR) is 84.9 cm³/mol. The van der Waals surface area contributed by atoms with Crippen molar-refractivity contribution in [2.75, 3.05) is 37.9 Å². The van der Waals surface area contributed by atoms with Gasteiger partial charge < -0.3 is 10.1 Å². The number of rotatable bonds is 6. The molecule has 0 spiro atoms. The molecule has 0 bridgehead atoms. The summed E-state index contributed by atoms with van der Waals surface area (Å²) >= 11 is 0. The number of amides is 1. The van der Waals surface area contributed by atoms with Gasteiger partial charge in [-0.2, -0.15) is 0 Å². The van der Waals surface area contributed by atoms with Crippen LogP contribution in [0.15, 0.2) is 12.1 Å². The lowest BCUT2D eigenvalue weighted by atomic mass is 9.98. The molecule has 1 aromatic carbocycles. The molecular formula is C15H19F3N2O4S. The van der Waals surface area contributed by atoms with E-state index in [0.29, 0.717) is 18.9 Å². The van der Waals surface area contributed by atoms with E-state index in [1.54, 1.807) is 0 Å². The Morgan fingerprint density at radius 3 is 2.72 bits per heavy atom. The van der Waals surface area contributed by atoms with Crippen LogP contribution >= 0.6 is 0 Å². The summed E-state index contributed by atoms with van der Waals surface area (Å²) in [5.41, 5.74) is -0.483. The van der Waals surface area contributed by atoms with Crippen LogP contribution < -0.4 is 5.32 Å². The first-order chi connectivity index (χ1) is 11.8. The van der Waals surface area contributed by atoms with Crippen molar-refractivity contribution in [3.8, 4) is 0 Å². The van der Waals surface area contributed by atoms with Crippen LogP contribution in [0.2, 0.25) is 0 Å². The zero-order valence-corrected chi connectivity index (χ0v) is 14.4. The highest BCUT2D eigenvalue weighted by Gasteiger charge is 2.32. The monoisotopic (exact) mass is 380 g/mol. The predicted octanol–water partition coefficient (Wildman–Crippen LogP) is 1.73. The molecule has 25 heavy (non-hydrogen) atoms. The van der Waals surface area contributed by atoms with Crippen LogP contribution in [0.1, 0.15) is 12.8 Å². The number of benzene rings is 1. The van der Waals surface area contributed by atoms with E-state index in [-0.39, 0.29) is 25.4 Å². The van der Waals surface area contributed by atoms with E-state index in [0.717, 1.165) is 6.07 Å². The van der Waals surface area contributed by atoms with Crippen molar-refractivity contribution < 1.29 is 31.1 Å². The lowest BCUT2D eigenvalue weighted by Gasteiger charge is -2.31. The number of hydrogen-bond donors (Lipinski definition) is 1. The number of nitrogens with one attached hydrogen (secondary N) is 1. The van der Waals surface area contributed by atoms with Crippen LogP contribution in [0.25, 0.3) is 0 Å². The third-order valence-corrected chi connectivity index (χ3v) is 5.79. The molecule has 2 rings (SSSR count). The van der Waals surface area contributed by atoms with Crippen molar-refractivity contribution in [3.63, 3.8) is 0 Å². The first-order valence-electron chi connectivity index (χ1n) is 7.67. The van der Waals surface area contributed by atoms with Crippen molar-refractivity contribution in [1.29, 1.82) is 0 Å². The molecule has 1 fully saturated rings. The molecule has 1 saturated heterocycles. The van der Waals surface area contributed by atoms with Crippen LogP contribution in [0.3, 0.4) is 0 Å². The molecule has 1 aliphatic heterocycles. The largest absolute Gasteiger partial charge is 0.384 e. The first kappa shape index (κ1) is 19.7. The minimum atomic E-state index is -3.56. The van der Waals surface area contributed by atoms with E-state index < -0.39 is 45.0 Å². The molecule has 140 valence electrons. The topological polar surface area (TPSA) is 75.7 Å². The number of sulfonamides is 1. The van der Waals surface area contributed by atoms with Gasteiger partial charge in [0.25, 0.3) is 0 Å². The number of halogens is 3. The molecule has 1 heterocycles. The molecular weight excluding hydrogens is 361 g/mol. The van der Waals surface area contributed by atoms with Crippen molar-refractivity contribution in [2.24, 2.45) is 5.92 Å². The molecule has 0 aliphatic carbocycles. The number of carbonyl (C=O) groups excluding carboxylic acids is 1. The normalized spacial score (nSPS) is 19.0. The SMILES string of the molecule is COCCS(=O)(=O)N1CCCC(C(=O)Nc2ccc(F)c(F)c2F)C1. The van der Waals surface area contributed by atoms with E-state index in [1.165, 1.54) is 11.4 Å². The van der Waals surface area contributed by atoms with Crippen LogP contribution in [-0.4, -0.2) is 51.2 Å². The summed E-state index contributed by atoms with van der Waals surface area (Å²) in [6.07, 6.45) is 0.873. The number of carbonyl (C=O) groups is 1. The second-order valence-electron chi connectivity index (χ2n) is 5.72. The Hall–Kier alpha value is -1.65. The Morgan fingerprint density at radius 2 is 2.04 bits per heavy atom. The summed E-state index contributed by atoms with van der Waals surface area (Å²) in [6, 6.07) is 1.62. The molecule has 1 amide bonds. The summed E-state index contributed by atoms with van der Waals surface area (Å²) in [5.74, 6) is -6.08. The lowest BCUT2D eigenvalue weighted by Crippen LogP contribution is -2.45. The molecule has 0 radical (unpaired) electrons. The summed E-state index contributed by atoms with van der Waals surface area (Å²) in [7, 11) is -2.17. The second-order valence-corrected chi connectivity index (χ2v) is 7.81. The fourth-order valence-electron chi connectivity index (χ4n) is 2.58. The van der Waals surface area contributed by atoms with E-state index >= 15 is 0 Å². The van der Waals surface area contributed by atoms with Gasteiger partial charge in [-0.05, 0) is 25.0 Å². The van der Waals surface area contributed by atoms with E-state index in [9.17, 15) is 26.4 Å². The second kappa shape index (κ2) is 8.15. The molecule has 1 aromatic rings. The van der Waals surface area contributed by atoms with Gasteiger partial charge in [0.15, 0.2) is 17.5 Å². The number of nitrogens with zero attached hydrogens (tertiary/aromatic N) is 1. The average Bonchev–Trinajstić information content (AvgIpc) is 2.60. The van der Waals surface area contributed by atoms with Crippen LogP contribution in [0.4, 0.5) is 18.9 Å². The number of methoxy groups -OCH3 is 1. The smallest absolute Gasteiger partial charge is 0.228 e. The van der Waals surface area contributed by atoms with Crippen molar-refractivity contribution in [2.45, 2.75) is 12.8 Å². The van der Waals surface area contributed by atoms with Crippen LogP contribution in [0.5, 0.6) is 0 Å². The van der Waals surface area contributed by atoms with Gasteiger partial charge in [0.2, 0.25) is 15.9 Å². The van der Waals surface area contributed by atoms with Crippen LogP contribution in [0, 0.1) is 23.4 Å². The van der Waals surface area contributed by atoms with Gasteiger partial charge in [-0.3, -0.25) is 4.79 Å². The van der Waals surface area contributed by atoms with Crippen molar-refractivity contribution in [3.05, 3.63) is 29.6 Å². The Bertz CT molecular complexity index is 743. The molecule has 1 N–H and O–H groups in total. The number of hydrogen-bond acceptors (Lipinski definition) is 4. The van der Waals surface area contributed by atoms with Gasteiger partial charge in [0.05, 0.1) is 24.0 Å². The Labute approximate surface area is 144 Å². The minimum Gasteiger partial charge on any atom is -0.384 e. The maximum Gasteiger partial charge on any atom is 0.228 e. The average molecular weight is 380 g/mol. The third kappa shape index (κ3) is 4.71. The Morgan fingerprint density at radius 1 is 1.32 bits per heavy atom. The molecule has 10 heteroatoms. The third-order valence-electron chi connectivity index (χ3n) is 3.99. The zero-order valence-electron chi connectivity index (χ0n) is 13.6. The summed E-state index contributed by atoms with van der Waals surface area (Å²) in [6.45, 7) is 0.272. The number of ether oxygens (including phenoxy) is 1. The van der Waals surface area contributed by atoms with Crippen molar-refractivity contribution in [1.82, 2.24) is 4.31 Å². The fraction of sp³-hybridized carbons (Fsp3) is 0.533. The Kier molecular flexibility index (Phi) is 6.42. The van der Waals surface area contributed by atoms with Gasteiger partial charge in [-0.1, -0.05) is 0 Å². The maximum atomic E-state index is 13.6. The molecule has 1 aliphatic rings. The molecule has 0 aromatic heterocycles. The van der Waals surface area contributed by atoms with E-state index in [4.69, 9.17) is 4.74 Å². The van der Waals surface area contributed by atoms with Crippen molar-refractivity contribution >= 4 is 21.6 Å². The zero-order chi connectivity index (χ0) is 18.6. The fourth-order valence-corrected chi connectivity index (χ4v) is 4.03. The number of anilines is 1. The minimum absolute atomic E-state index is 0.0375. The summed E-state index contributed by atoms with van der Waals surface area (Å²) in [5, 5.41) is 2.20. The van der Waals surface area contributed by atoms with Gasteiger partial charge in [0.1, 0.15) is 0 Å². The number of piperidine rings is 1. The van der Waals surface area contributed by atoms with E-state index in [2.05, 4.69) is 5.32 Å². The quantitative estimate of drug-likeness (QED) is 0.763. The van der Waals surface area contributed by atoms with Gasteiger partial charge in [-0.15, -0.1) is 0 Å². The highest BCUT2D eigenvalue weighted by molar-refractivity contribution is 7.89. The molecule has 6 nitrogen and oxygen atoms in total. The first-order valence-corrected chi connectivity index (χ1v) is 9.28. The summed E-state index contributed by atoms with van der Waals surface area (Å²) < 4.78 is 70.1. The highest BCUT2D eigenvalue weighted by atomic mass is 32.2. The molecule has 0 saturated carbocycles. The summed E-state index contributed by atoms with van der Waals surface area (Å²) in [4.78, 5) is 12.3. The van der Waals surface area contributed by atoms with E-state index in [1.807, 2.05) is 0 Å². The van der Waals surface area contributed by atoms with Gasteiger partial charge in [0, 0.05) is 20.2 Å². The Balaban J connectivity index is 2.06. The highest BCUT2D eigenvalue weighted by Crippen LogP contribution is 2.24. The maximum absolute atomic E-state index is 13.6. The lowest BCUT2D eigenvalue weighted by molar-refractivity contribution is -0.120. The molecule has 1 atom stereocenters. The standard InChI is InChI=1S/C15H19F3N2O4S/c1-24-7-8-25(22,23)20-6-2-3-10(9-20)15(21)19-12-5-4-11(16)13(17)14(12)18/h4-5,10H,2-3,6-9H2,1H3,(H,19,21). The van der Waals surface area contributed by atoms with Gasteiger partial charge >= 0.3 is 0 Å². The molecule has 1 unspecified atom stereocenters.